The van der Waals surface area contributed by atoms with Crippen LogP contribution in [0.5, 0.6) is 0 Å². The Balaban J connectivity index is 0.894. The molecule has 0 aliphatic carbocycles. The third kappa shape index (κ3) is 7.34. The van der Waals surface area contributed by atoms with Crippen molar-refractivity contribution in [3.63, 3.8) is 0 Å². The minimum absolute atomic E-state index is 0.503. The van der Waals surface area contributed by atoms with E-state index in [-0.39, 0.29) is 0 Å². The molecule has 0 radical (unpaired) electrons. The molecule has 0 N–H and O–H groups in total. The Morgan fingerprint density at radius 3 is 1.17 bits per heavy atom. The number of aromatic nitrogens is 5. The highest BCUT2D eigenvalue weighted by Crippen LogP contribution is 2.42. The first kappa shape index (κ1) is 45.8. The summed E-state index contributed by atoms with van der Waals surface area (Å²) in [5.41, 5.74) is 19.3. The van der Waals surface area contributed by atoms with Crippen LogP contribution >= 0.6 is 0 Å². The lowest BCUT2D eigenvalue weighted by Gasteiger charge is -2.15. The molecule has 82 heavy (non-hydrogen) atoms. The summed E-state index contributed by atoms with van der Waals surface area (Å²) < 4.78 is 17.0. The Labute approximate surface area is 469 Å². The average molecular weight is 1050 g/mol. The molecule has 12 aromatic carbocycles. The number of furan rings is 2. The fourth-order valence-corrected chi connectivity index (χ4v) is 12.5. The monoisotopic (exact) mass is 1050 g/mol. The number of nitrogens with zero attached hydrogens (tertiary/aromatic N) is 5. The van der Waals surface area contributed by atoms with E-state index < -0.39 is 0 Å². The number of rotatable bonds is 8. The van der Waals surface area contributed by atoms with E-state index in [0.717, 1.165) is 138 Å². The molecule has 7 nitrogen and oxygen atoms in total. The first-order chi connectivity index (χ1) is 40.6. The van der Waals surface area contributed by atoms with E-state index in [1.165, 1.54) is 11.1 Å². The molecule has 7 heteroatoms. The number of fused-ring (bicyclic) bond motifs is 12. The second kappa shape index (κ2) is 18.2. The quantitative estimate of drug-likeness (QED) is 0.152. The van der Waals surface area contributed by atoms with Gasteiger partial charge in [-0.25, -0.2) is 0 Å². The molecule has 0 aliphatic heterocycles. The number of benzene rings is 12. The molecule has 0 aliphatic rings. The average Bonchev–Trinajstić information content (AvgIpc) is 3.27. The SMILES string of the molecule is c1ccc(-c2ccc(-c3cccc(-c4nc(-n5c6ccccc6c6ccc(-c7ccc8oc9ccccc9c8c7)cc65)nc(-n5c6ccccc6c6ccc(-c7ccc8oc9ccccc9c8c7)cc65)n4)c3)cc2-c2ccccc2)cc1. The van der Waals surface area contributed by atoms with Crippen molar-refractivity contribution in [1.82, 2.24) is 24.1 Å². The predicted octanol–water partition coefficient (Wildman–Crippen LogP) is 19.9. The second-order valence-electron chi connectivity index (χ2n) is 21.1. The van der Waals surface area contributed by atoms with Gasteiger partial charge in [0, 0.05) is 48.7 Å². The lowest BCUT2D eigenvalue weighted by Crippen LogP contribution is -2.10. The summed E-state index contributed by atoms with van der Waals surface area (Å²) in [6.07, 6.45) is 0. The van der Waals surface area contributed by atoms with Crippen LogP contribution in [0.15, 0.2) is 282 Å². The summed E-state index contributed by atoms with van der Waals surface area (Å²) in [5, 5.41) is 8.73. The highest BCUT2D eigenvalue weighted by Gasteiger charge is 2.23. The lowest BCUT2D eigenvalue weighted by atomic mass is 9.91. The zero-order valence-corrected chi connectivity index (χ0v) is 44.0. The second-order valence-corrected chi connectivity index (χ2v) is 21.1. The molecule has 0 saturated carbocycles. The van der Waals surface area contributed by atoms with E-state index >= 15 is 0 Å². The molecule has 17 rings (SSSR count). The smallest absolute Gasteiger partial charge is 0.240 e. The number of hydrogen-bond donors (Lipinski definition) is 0. The first-order valence-corrected chi connectivity index (χ1v) is 27.6. The zero-order valence-electron chi connectivity index (χ0n) is 44.0. The molecule has 0 fully saturated rings. The van der Waals surface area contributed by atoms with E-state index in [0.29, 0.717) is 17.7 Å². The van der Waals surface area contributed by atoms with Crippen molar-refractivity contribution in [1.29, 1.82) is 0 Å². The van der Waals surface area contributed by atoms with Gasteiger partial charge in [-0.3, -0.25) is 9.13 Å². The Kier molecular flexibility index (Phi) is 10.2. The fraction of sp³-hybridized carbons (Fsp3) is 0. The maximum Gasteiger partial charge on any atom is 0.240 e. The minimum Gasteiger partial charge on any atom is -0.456 e. The van der Waals surface area contributed by atoms with Gasteiger partial charge < -0.3 is 8.83 Å². The highest BCUT2D eigenvalue weighted by atomic mass is 16.3. The fourth-order valence-electron chi connectivity index (χ4n) is 12.5. The van der Waals surface area contributed by atoms with Gasteiger partial charge in [0.1, 0.15) is 22.3 Å². The highest BCUT2D eigenvalue weighted by molar-refractivity contribution is 6.13. The van der Waals surface area contributed by atoms with Crippen LogP contribution in [0.1, 0.15) is 0 Å². The third-order valence-corrected chi connectivity index (χ3v) is 16.4. The maximum absolute atomic E-state index is 6.27. The van der Waals surface area contributed by atoms with E-state index in [2.05, 4.69) is 258 Å². The van der Waals surface area contributed by atoms with Gasteiger partial charge >= 0.3 is 0 Å². The molecule has 17 aromatic rings. The van der Waals surface area contributed by atoms with E-state index in [1.54, 1.807) is 0 Å². The van der Waals surface area contributed by atoms with Gasteiger partial charge in [-0.2, -0.15) is 15.0 Å². The van der Waals surface area contributed by atoms with Gasteiger partial charge in [-0.1, -0.05) is 200 Å². The van der Waals surface area contributed by atoms with Gasteiger partial charge in [0.2, 0.25) is 11.9 Å². The summed E-state index contributed by atoms with van der Waals surface area (Å²) in [6, 6.07) is 96.6. The maximum atomic E-state index is 6.27. The van der Waals surface area contributed by atoms with Gasteiger partial charge in [-0.15, -0.1) is 0 Å². The number of hydrogen-bond acceptors (Lipinski definition) is 5. The predicted molar refractivity (Wildman–Crippen MR) is 336 cm³/mol. The van der Waals surface area contributed by atoms with Crippen molar-refractivity contribution >= 4 is 87.5 Å². The van der Waals surface area contributed by atoms with Crippen molar-refractivity contribution in [2.24, 2.45) is 0 Å². The molecule has 0 amide bonds. The van der Waals surface area contributed by atoms with Crippen molar-refractivity contribution < 1.29 is 8.83 Å². The molecule has 382 valence electrons. The Morgan fingerprint density at radius 1 is 0.220 bits per heavy atom. The summed E-state index contributed by atoms with van der Waals surface area (Å²) >= 11 is 0. The van der Waals surface area contributed by atoms with Crippen molar-refractivity contribution in [2.75, 3.05) is 0 Å². The van der Waals surface area contributed by atoms with E-state index in [4.69, 9.17) is 23.8 Å². The molecule has 0 bridgehead atoms. The van der Waals surface area contributed by atoms with Crippen molar-refractivity contribution in [3.05, 3.63) is 273 Å². The van der Waals surface area contributed by atoms with Crippen LogP contribution in [0, 0.1) is 0 Å². The summed E-state index contributed by atoms with van der Waals surface area (Å²) in [4.78, 5) is 16.7. The molecule has 0 spiro atoms. The molecule has 5 heterocycles. The zero-order chi connectivity index (χ0) is 53.8. The summed E-state index contributed by atoms with van der Waals surface area (Å²) in [5.74, 6) is 1.55. The molecule has 0 saturated heterocycles. The summed E-state index contributed by atoms with van der Waals surface area (Å²) in [7, 11) is 0. The van der Waals surface area contributed by atoms with Crippen molar-refractivity contribution in [3.8, 4) is 78.9 Å². The Morgan fingerprint density at radius 2 is 0.610 bits per heavy atom. The number of para-hydroxylation sites is 4. The molecular formula is C75H45N5O2. The molecule has 5 aromatic heterocycles. The van der Waals surface area contributed by atoms with Crippen LogP contribution < -0.4 is 0 Å². The van der Waals surface area contributed by atoms with E-state index in [1.807, 2.05) is 24.3 Å². The van der Waals surface area contributed by atoms with Gasteiger partial charge in [0.15, 0.2) is 5.82 Å². The minimum atomic E-state index is 0.503. The lowest BCUT2D eigenvalue weighted by molar-refractivity contribution is 0.668. The topological polar surface area (TPSA) is 74.8 Å². The Bertz CT molecular complexity index is 5170. The van der Waals surface area contributed by atoms with Crippen LogP contribution in [0.2, 0.25) is 0 Å². The normalized spacial score (nSPS) is 11.9. The van der Waals surface area contributed by atoms with Crippen LogP contribution in [-0.2, 0) is 0 Å². The van der Waals surface area contributed by atoms with Gasteiger partial charge in [0.25, 0.3) is 0 Å². The van der Waals surface area contributed by atoms with Crippen molar-refractivity contribution in [2.45, 2.75) is 0 Å². The summed E-state index contributed by atoms with van der Waals surface area (Å²) in [6.45, 7) is 0. The van der Waals surface area contributed by atoms with Crippen LogP contribution in [0.25, 0.3) is 166 Å². The van der Waals surface area contributed by atoms with E-state index in [9.17, 15) is 0 Å². The largest absolute Gasteiger partial charge is 0.456 e. The van der Waals surface area contributed by atoms with Gasteiger partial charge in [0.05, 0.1) is 22.1 Å². The standard InChI is InChI=1S/C75H45N5O2/c1-3-16-46(17-4-1)55-35-30-49(41-62(55)47-18-5-2-6-19-47)48-20-15-21-54(40-48)73-76-74(79-65-26-11-7-22-56(65)58-36-31-52(44-67(58)79)50-33-38-71-63(42-50)60-24-9-13-28-69(60)81-71)78-75(77-73)80-66-27-12-8-23-57(66)59-37-32-53(45-68(59)80)51-34-39-72-64(43-51)61-25-10-14-29-70(61)82-72/h1-45H. The van der Waals surface area contributed by atoms with Gasteiger partial charge in [-0.05, 0) is 128 Å². The third-order valence-electron chi connectivity index (χ3n) is 16.4. The van der Waals surface area contributed by atoms with Crippen LogP contribution in [-0.4, -0.2) is 24.1 Å². The molecule has 0 atom stereocenters. The molecular weight excluding hydrogens is 1000 g/mol. The van der Waals surface area contributed by atoms with Crippen LogP contribution in [0.3, 0.4) is 0 Å². The first-order valence-electron chi connectivity index (χ1n) is 27.6. The Hall–Kier alpha value is -11.2. The van der Waals surface area contributed by atoms with Crippen LogP contribution in [0.4, 0.5) is 0 Å². The molecule has 0 unspecified atom stereocenters.